The van der Waals surface area contributed by atoms with Gasteiger partial charge < -0.3 is 15.7 Å². The number of hydrogen-bond donors (Lipinski definition) is 3. The zero-order valence-electron chi connectivity index (χ0n) is 22.6. The molecule has 1 saturated heterocycles. The highest BCUT2D eigenvalue weighted by Crippen LogP contribution is 2.50. The number of halogens is 1. The highest BCUT2D eigenvalue weighted by Gasteiger charge is 2.50. The van der Waals surface area contributed by atoms with Crippen molar-refractivity contribution in [3.8, 4) is 16.9 Å². The van der Waals surface area contributed by atoms with Crippen molar-refractivity contribution < 1.29 is 14.3 Å². The normalized spacial score (nSPS) is 19.4. The maximum Gasteiger partial charge on any atom is 0.236 e. The molecule has 5 heteroatoms. The lowest BCUT2D eigenvalue weighted by atomic mass is 9.70. The molecular weight excluding hydrogens is 475 g/mol. The molecule has 1 fully saturated rings. The number of allylic oxidation sites excluding steroid dienone is 1. The molecule has 0 saturated carbocycles. The second-order valence-corrected chi connectivity index (χ2v) is 10.8. The van der Waals surface area contributed by atoms with E-state index in [1.54, 1.807) is 12.1 Å². The number of benzene rings is 3. The molecule has 0 radical (unpaired) electrons. The Bertz CT molecular complexity index is 1460. The summed E-state index contributed by atoms with van der Waals surface area (Å²) in [5, 5.41) is 18.9. The van der Waals surface area contributed by atoms with E-state index < -0.39 is 5.41 Å². The van der Waals surface area contributed by atoms with Gasteiger partial charge in [0.1, 0.15) is 11.6 Å². The van der Waals surface area contributed by atoms with Gasteiger partial charge in [-0.05, 0) is 89.9 Å². The molecule has 1 unspecified atom stereocenters. The summed E-state index contributed by atoms with van der Waals surface area (Å²) >= 11 is 0. The molecule has 2 heterocycles. The molecule has 1 amide bonds. The van der Waals surface area contributed by atoms with Crippen LogP contribution in [0.15, 0.2) is 60.3 Å². The standard InChI is InChI=1S/C33H37FN2O2/c1-5-10-20(3)31-29(33(32(38)36-31)14-9-15-35-19-33)27-16-21(4)28(30(34)25(27)11-6-2)26-18-23(37)17-22-12-7-8-13-24(22)26/h7-8,12-13,16-18,35,37H,3,5-6,9-11,14-15,19H2,1-2,4H3,(H,36,38). The van der Waals surface area contributed by atoms with Crippen LogP contribution in [0.25, 0.3) is 27.5 Å². The fourth-order valence-corrected chi connectivity index (χ4v) is 6.41. The SMILES string of the molecule is C=C(CCC)C1=C(c2cc(C)c(-c3cc(O)cc4ccccc34)c(F)c2CCC)C2(CCCNC2)C(=O)N1. The van der Waals surface area contributed by atoms with Gasteiger partial charge in [-0.25, -0.2) is 4.39 Å². The lowest BCUT2D eigenvalue weighted by molar-refractivity contribution is -0.126. The second kappa shape index (κ2) is 10.4. The highest BCUT2D eigenvalue weighted by molar-refractivity contribution is 6.06. The van der Waals surface area contributed by atoms with Crippen LogP contribution in [0.2, 0.25) is 0 Å². The Morgan fingerprint density at radius 3 is 2.63 bits per heavy atom. The lowest BCUT2D eigenvalue weighted by Gasteiger charge is -2.35. The fourth-order valence-electron chi connectivity index (χ4n) is 6.41. The average Bonchev–Trinajstić information content (AvgIpc) is 3.17. The molecule has 38 heavy (non-hydrogen) atoms. The number of carbonyl (C=O) groups excluding carboxylic acids is 1. The van der Waals surface area contributed by atoms with Crippen LogP contribution in [-0.2, 0) is 11.2 Å². The number of rotatable bonds is 7. The maximum absolute atomic E-state index is 16.9. The number of fused-ring (bicyclic) bond motifs is 1. The molecule has 5 rings (SSSR count). The van der Waals surface area contributed by atoms with Crippen LogP contribution in [-0.4, -0.2) is 24.1 Å². The zero-order valence-corrected chi connectivity index (χ0v) is 22.6. The van der Waals surface area contributed by atoms with Gasteiger partial charge in [0, 0.05) is 23.4 Å². The van der Waals surface area contributed by atoms with E-state index in [0.29, 0.717) is 29.7 Å². The molecule has 0 aliphatic carbocycles. The number of amides is 1. The molecule has 3 aromatic carbocycles. The molecule has 2 aliphatic heterocycles. The fraction of sp³-hybridized carbons (Fsp3) is 0.364. The minimum atomic E-state index is -0.745. The number of piperidine rings is 1. The first-order chi connectivity index (χ1) is 18.3. The summed E-state index contributed by atoms with van der Waals surface area (Å²) in [5.41, 5.74) is 5.21. The topological polar surface area (TPSA) is 61.4 Å². The van der Waals surface area contributed by atoms with Gasteiger partial charge in [-0.1, -0.05) is 63.6 Å². The Morgan fingerprint density at radius 1 is 1.13 bits per heavy atom. The summed E-state index contributed by atoms with van der Waals surface area (Å²) in [6.45, 7) is 11.8. The van der Waals surface area contributed by atoms with E-state index >= 15 is 4.39 Å². The summed E-state index contributed by atoms with van der Waals surface area (Å²) < 4.78 is 16.9. The number of phenolic OH excluding ortho intramolecular Hbond substituents is 1. The first-order valence-electron chi connectivity index (χ1n) is 13.8. The van der Waals surface area contributed by atoms with Crippen molar-refractivity contribution in [1.82, 2.24) is 10.6 Å². The van der Waals surface area contributed by atoms with Gasteiger partial charge in [0.05, 0.1) is 5.41 Å². The summed E-state index contributed by atoms with van der Waals surface area (Å²) in [6, 6.07) is 13.2. The Balaban J connectivity index is 1.81. The van der Waals surface area contributed by atoms with Crippen LogP contribution in [0.5, 0.6) is 5.75 Å². The van der Waals surface area contributed by atoms with Crippen molar-refractivity contribution in [2.45, 2.75) is 59.3 Å². The molecule has 1 atom stereocenters. The summed E-state index contributed by atoms with van der Waals surface area (Å²) in [4.78, 5) is 13.6. The number of aryl methyl sites for hydroxylation is 1. The van der Waals surface area contributed by atoms with Crippen LogP contribution in [0.3, 0.4) is 0 Å². The Hall–Kier alpha value is -3.44. The third-order valence-electron chi connectivity index (χ3n) is 8.14. The van der Waals surface area contributed by atoms with Crippen LogP contribution < -0.4 is 10.6 Å². The van der Waals surface area contributed by atoms with Crippen molar-refractivity contribution in [1.29, 1.82) is 0 Å². The molecule has 0 aromatic heterocycles. The Labute approximate surface area is 224 Å². The second-order valence-electron chi connectivity index (χ2n) is 10.8. The monoisotopic (exact) mass is 512 g/mol. The largest absolute Gasteiger partial charge is 0.508 e. The van der Waals surface area contributed by atoms with Crippen LogP contribution in [0.1, 0.15) is 62.6 Å². The van der Waals surface area contributed by atoms with E-state index in [2.05, 4.69) is 30.2 Å². The molecular formula is C33H37FN2O2. The highest BCUT2D eigenvalue weighted by atomic mass is 19.1. The van der Waals surface area contributed by atoms with E-state index in [0.717, 1.165) is 77.4 Å². The van der Waals surface area contributed by atoms with Gasteiger partial charge in [0.25, 0.3) is 0 Å². The summed E-state index contributed by atoms with van der Waals surface area (Å²) in [6.07, 6.45) is 4.58. The van der Waals surface area contributed by atoms with Crippen molar-refractivity contribution >= 4 is 22.3 Å². The van der Waals surface area contributed by atoms with Gasteiger partial charge in [-0.2, -0.15) is 0 Å². The lowest BCUT2D eigenvalue weighted by Crippen LogP contribution is -2.46. The molecule has 1 spiro atoms. The quantitative estimate of drug-likeness (QED) is 0.314. The van der Waals surface area contributed by atoms with Crippen LogP contribution in [0.4, 0.5) is 4.39 Å². The van der Waals surface area contributed by atoms with Crippen molar-refractivity contribution in [2.24, 2.45) is 5.41 Å². The first-order valence-corrected chi connectivity index (χ1v) is 13.8. The number of phenols is 1. The van der Waals surface area contributed by atoms with E-state index in [9.17, 15) is 9.90 Å². The smallest absolute Gasteiger partial charge is 0.236 e. The molecule has 3 N–H and O–H groups in total. The minimum Gasteiger partial charge on any atom is -0.508 e. The minimum absolute atomic E-state index is 0.0180. The number of carbonyl (C=O) groups is 1. The number of hydrogen-bond acceptors (Lipinski definition) is 3. The Morgan fingerprint density at radius 2 is 1.92 bits per heavy atom. The molecule has 2 aliphatic rings. The summed E-state index contributed by atoms with van der Waals surface area (Å²) in [7, 11) is 0. The predicted molar refractivity (Wildman–Crippen MR) is 153 cm³/mol. The van der Waals surface area contributed by atoms with Crippen molar-refractivity contribution in [3.63, 3.8) is 0 Å². The van der Waals surface area contributed by atoms with Gasteiger partial charge in [-0.3, -0.25) is 4.79 Å². The third-order valence-corrected chi connectivity index (χ3v) is 8.14. The van der Waals surface area contributed by atoms with Crippen LogP contribution in [0, 0.1) is 18.2 Å². The Kier molecular flexibility index (Phi) is 7.15. The molecule has 198 valence electrons. The maximum atomic E-state index is 16.9. The van der Waals surface area contributed by atoms with Gasteiger partial charge in [0.15, 0.2) is 0 Å². The molecule has 4 nitrogen and oxygen atoms in total. The van der Waals surface area contributed by atoms with E-state index in [4.69, 9.17) is 0 Å². The zero-order chi connectivity index (χ0) is 27.0. The van der Waals surface area contributed by atoms with Gasteiger partial charge >= 0.3 is 0 Å². The van der Waals surface area contributed by atoms with Gasteiger partial charge in [-0.15, -0.1) is 0 Å². The first kappa shape index (κ1) is 26.2. The molecule has 3 aromatic rings. The van der Waals surface area contributed by atoms with Crippen molar-refractivity contribution in [3.05, 3.63) is 82.8 Å². The summed E-state index contributed by atoms with van der Waals surface area (Å²) in [5.74, 6) is -0.184. The van der Waals surface area contributed by atoms with E-state index in [-0.39, 0.29) is 17.5 Å². The van der Waals surface area contributed by atoms with Gasteiger partial charge in [0.2, 0.25) is 5.91 Å². The van der Waals surface area contributed by atoms with Crippen LogP contribution >= 0.6 is 0 Å². The number of aromatic hydroxyl groups is 1. The van der Waals surface area contributed by atoms with Crippen molar-refractivity contribution in [2.75, 3.05) is 13.1 Å². The average molecular weight is 513 g/mol. The van der Waals surface area contributed by atoms with E-state index in [1.807, 2.05) is 38.1 Å². The third kappa shape index (κ3) is 4.23. The number of nitrogens with one attached hydrogen (secondary N) is 2. The molecule has 0 bridgehead atoms. The predicted octanol–water partition coefficient (Wildman–Crippen LogP) is 7.18. The van der Waals surface area contributed by atoms with E-state index in [1.165, 1.54) is 0 Å².